The summed E-state index contributed by atoms with van der Waals surface area (Å²) in [5.74, 6) is -0.933. The quantitative estimate of drug-likeness (QED) is 0.767. The number of esters is 1. The summed E-state index contributed by atoms with van der Waals surface area (Å²) in [4.78, 5) is 12.0. The Labute approximate surface area is 115 Å². The van der Waals surface area contributed by atoms with Gasteiger partial charge in [0.05, 0.1) is 18.4 Å². The predicted octanol–water partition coefficient (Wildman–Crippen LogP) is 1.04. The Morgan fingerprint density at radius 2 is 2.05 bits per heavy atom. The maximum absolute atomic E-state index is 12.4. The third-order valence-corrected chi connectivity index (χ3v) is 5.02. The molecule has 2 unspecified atom stereocenters. The first-order valence-corrected chi connectivity index (χ1v) is 8.16. The Hall–Kier alpha value is -0.830. The van der Waals surface area contributed by atoms with Crippen LogP contribution in [0.1, 0.15) is 26.2 Å². The van der Waals surface area contributed by atoms with E-state index < -0.39 is 39.3 Å². The van der Waals surface area contributed by atoms with E-state index in [1.165, 1.54) is 6.92 Å². The molecule has 0 bridgehead atoms. The highest BCUT2D eigenvalue weighted by atomic mass is 32.2. The van der Waals surface area contributed by atoms with Gasteiger partial charge in [-0.2, -0.15) is 13.2 Å². The van der Waals surface area contributed by atoms with Gasteiger partial charge in [0.15, 0.2) is 9.84 Å². The normalized spacial score (nSPS) is 27.6. The highest BCUT2D eigenvalue weighted by Crippen LogP contribution is 2.36. The summed E-state index contributed by atoms with van der Waals surface area (Å²) in [6, 6.07) is 0. The molecule has 0 radical (unpaired) electrons. The van der Waals surface area contributed by atoms with E-state index in [1.807, 2.05) is 0 Å². The minimum atomic E-state index is -4.54. The monoisotopic (exact) mass is 317 g/mol. The number of nitrogens with one attached hydrogen (secondary N) is 1. The van der Waals surface area contributed by atoms with E-state index in [4.69, 9.17) is 4.74 Å². The molecule has 9 heteroatoms. The van der Waals surface area contributed by atoms with Crippen molar-refractivity contribution in [2.45, 2.75) is 43.2 Å². The van der Waals surface area contributed by atoms with E-state index >= 15 is 0 Å². The lowest BCUT2D eigenvalue weighted by molar-refractivity contribution is -0.155. The minimum Gasteiger partial charge on any atom is -0.465 e. The molecule has 0 aromatic rings. The molecule has 1 N–H and O–H groups in total. The summed E-state index contributed by atoms with van der Waals surface area (Å²) >= 11 is 0. The second kappa shape index (κ2) is 5.88. The summed E-state index contributed by atoms with van der Waals surface area (Å²) in [5, 5.41) is 0.900. The first-order valence-electron chi connectivity index (χ1n) is 6.21. The van der Waals surface area contributed by atoms with Gasteiger partial charge in [0.25, 0.3) is 0 Å². The van der Waals surface area contributed by atoms with Crippen LogP contribution in [0.25, 0.3) is 0 Å². The van der Waals surface area contributed by atoms with Crippen LogP contribution in [-0.2, 0) is 19.4 Å². The molecule has 0 spiro atoms. The molecule has 5 nitrogen and oxygen atoms in total. The van der Waals surface area contributed by atoms with Crippen LogP contribution in [0, 0.1) is 0 Å². The lowest BCUT2D eigenvalue weighted by atomic mass is 9.97. The van der Waals surface area contributed by atoms with Crippen molar-refractivity contribution in [2.24, 2.45) is 0 Å². The standard InChI is InChI=1S/C11H18F3NO4S/c1-3-19-9(16)10(15-7-11(12,13)14)6-4-5-8(10)20(2,17)18/h8,15H,3-7H2,1-2H3. The zero-order chi connectivity index (χ0) is 15.6. The van der Waals surface area contributed by atoms with Crippen molar-refractivity contribution in [3.63, 3.8) is 0 Å². The number of hydrogen-bond acceptors (Lipinski definition) is 5. The zero-order valence-electron chi connectivity index (χ0n) is 11.3. The highest BCUT2D eigenvalue weighted by molar-refractivity contribution is 7.91. The zero-order valence-corrected chi connectivity index (χ0v) is 12.1. The molecule has 1 fully saturated rings. The fourth-order valence-corrected chi connectivity index (χ4v) is 4.20. The van der Waals surface area contributed by atoms with Gasteiger partial charge in [0.1, 0.15) is 5.54 Å². The summed E-state index contributed by atoms with van der Waals surface area (Å²) in [6.07, 6.45) is -3.11. The SMILES string of the molecule is CCOC(=O)C1(NCC(F)(F)F)CCCC1S(C)(=O)=O. The summed E-state index contributed by atoms with van der Waals surface area (Å²) in [7, 11) is -3.67. The molecule has 0 heterocycles. The molecule has 118 valence electrons. The number of halogens is 3. The van der Waals surface area contributed by atoms with E-state index in [0.29, 0.717) is 6.42 Å². The molecule has 1 saturated carbocycles. The average Bonchev–Trinajstić information content (AvgIpc) is 2.70. The maximum Gasteiger partial charge on any atom is 0.401 e. The summed E-state index contributed by atoms with van der Waals surface area (Å²) in [5.41, 5.74) is -1.81. The van der Waals surface area contributed by atoms with Gasteiger partial charge in [-0.15, -0.1) is 0 Å². The smallest absolute Gasteiger partial charge is 0.401 e. The largest absolute Gasteiger partial charge is 0.465 e. The van der Waals surface area contributed by atoms with E-state index in [0.717, 1.165) is 6.26 Å². The molecular formula is C11H18F3NO4S. The van der Waals surface area contributed by atoms with Gasteiger partial charge in [0, 0.05) is 6.26 Å². The van der Waals surface area contributed by atoms with Gasteiger partial charge in [-0.05, 0) is 26.2 Å². The highest BCUT2D eigenvalue weighted by Gasteiger charge is 2.55. The molecule has 1 rings (SSSR count). The number of rotatable bonds is 5. The molecule has 0 aromatic heterocycles. The van der Waals surface area contributed by atoms with Crippen LogP contribution in [0.4, 0.5) is 13.2 Å². The molecule has 0 aromatic carbocycles. The molecule has 0 amide bonds. The lowest BCUT2D eigenvalue weighted by Crippen LogP contribution is -2.61. The van der Waals surface area contributed by atoms with Crippen molar-refractivity contribution in [1.82, 2.24) is 5.32 Å². The molecule has 2 atom stereocenters. The second-order valence-corrected chi connectivity index (χ2v) is 7.10. The van der Waals surface area contributed by atoms with Crippen LogP contribution < -0.4 is 5.32 Å². The van der Waals surface area contributed by atoms with E-state index in [1.54, 1.807) is 0 Å². The number of sulfone groups is 1. The number of alkyl halides is 3. The van der Waals surface area contributed by atoms with E-state index in [-0.39, 0.29) is 19.4 Å². The van der Waals surface area contributed by atoms with Crippen LogP contribution in [0.3, 0.4) is 0 Å². The topological polar surface area (TPSA) is 72.5 Å². The van der Waals surface area contributed by atoms with Crippen LogP contribution in [0.15, 0.2) is 0 Å². The van der Waals surface area contributed by atoms with Crippen molar-refractivity contribution < 1.29 is 31.1 Å². The Kier molecular flexibility index (Phi) is 5.07. The summed E-state index contributed by atoms with van der Waals surface area (Å²) in [6.45, 7) is 0.0579. The first-order chi connectivity index (χ1) is 9.03. The van der Waals surface area contributed by atoms with Crippen molar-refractivity contribution in [3.05, 3.63) is 0 Å². The number of carbonyl (C=O) groups excluding carboxylic acids is 1. The van der Waals surface area contributed by atoms with Crippen molar-refractivity contribution in [3.8, 4) is 0 Å². The Morgan fingerprint density at radius 1 is 1.45 bits per heavy atom. The predicted molar refractivity (Wildman–Crippen MR) is 65.9 cm³/mol. The van der Waals surface area contributed by atoms with Gasteiger partial charge >= 0.3 is 12.1 Å². The first kappa shape index (κ1) is 17.2. The second-order valence-electron chi connectivity index (χ2n) is 4.87. The lowest BCUT2D eigenvalue weighted by Gasteiger charge is -2.33. The van der Waals surface area contributed by atoms with Crippen molar-refractivity contribution in [2.75, 3.05) is 19.4 Å². The molecule has 0 saturated heterocycles. The van der Waals surface area contributed by atoms with Gasteiger partial charge < -0.3 is 4.74 Å². The third kappa shape index (κ3) is 3.85. The summed E-state index contributed by atoms with van der Waals surface area (Å²) < 4.78 is 65.5. The van der Waals surface area contributed by atoms with Gasteiger partial charge in [-0.3, -0.25) is 10.1 Å². The maximum atomic E-state index is 12.4. The number of ether oxygens (including phenoxy) is 1. The van der Waals surface area contributed by atoms with Crippen LogP contribution in [0.5, 0.6) is 0 Å². The minimum absolute atomic E-state index is 0.0135. The average molecular weight is 317 g/mol. The van der Waals surface area contributed by atoms with Crippen LogP contribution >= 0.6 is 0 Å². The Morgan fingerprint density at radius 3 is 2.50 bits per heavy atom. The van der Waals surface area contributed by atoms with E-state index in [2.05, 4.69) is 5.32 Å². The molecule has 1 aliphatic rings. The number of carbonyl (C=O) groups is 1. The Balaban J connectivity index is 3.10. The van der Waals surface area contributed by atoms with Gasteiger partial charge in [0.2, 0.25) is 0 Å². The van der Waals surface area contributed by atoms with Crippen LogP contribution in [0.2, 0.25) is 0 Å². The molecular weight excluding hydrogens is 299 g/mol. The fraction of sp³-hybridized carbons (Fsp3) is 0.909. The van der Waals surface area contributed by atoms with Gasteiger partial charge in [-0.1, -0.05) is 0 Å². The van der Waals surface area contributed by atoms with E-state index in [9.17, 15) is 26.4 Å². The Bertz CT molecular complexity index is 463. The molecule has 0 aliphatic heterocycles. The molecule has 1 aliphatic carbocycles. The molecule has 20 heavy (non-hydrogen) atoms. The third-order valence-electron chi connectivity index (χ3n) is 3.35. The fourth-order valence-electron chi connectivity index (χ4n) is 2.58. The van der Waals surface area contributed by atoms with Gasteiger partial charge in [-0.25, -0.2) is 8.42 Å². The van der Waals surface area contributed by atoms with Crippen LogP contribution in [-0.4, -0.2) is 50.8 Å². The number of hydrogen-bond donors (Lipinski definition) is 1. The van der Waals surface area contributed by atoms with Crippen molar-refractivity contribution >= 4 is 15.8 Å². The van der Waals surface area contributed by atoms with Crippen molar-refractivity contribution in [1.29, 1.82) is 0 Å².